The maximum atomic E-state index is 12.1. The van der Waals surface area contributed by atoms with Gasteiger partial charge in [0.1, 0.15) is 0 Å². The van der Waals surface area contributed by atoms with Crippen molar-refractivity contribution in [1.82, 2.24) is 10.6 Å². The molecule has 0 saturated heterocycles. The second kappa shape index (κ2) is 14.7. The largest absolute Gasteiger partial charge is 0.357 e. The molecule has 0 heterocycles. The molecule has 1 unspecified atom stereocenters. The van der Waals surface area contributed by atoms with Crippen LogP contribution in [-0.4, -0.2) is 35.6 Å². The Labute approximate surface area is 166 Å². The first-order valence-electron chi connectivity index (χ1n) is 8.53. The summed E-state index contributed by atoms with van der Waals surface area (Å²) >= 11 is 0. The van der Waals surface area contributed by atoms with Crippen LogP contribution in [0.4, 0.5) is 0 Å². The van der Waals surface area contributed by atoms with E-state index in [1.807, 2.05) is 30.3 Å². The highest BCUT2D eigenvalue weighted by Crippen LogP contribution is 2.03. The normalized spacial score (nSPS) is 12.6. The molecule has 24 heavy (non-hydrogen) atoms. The fourth-order valence-corrected chi connectivity index (χ4v) is 3.19. The van der Waals surface area contributed by atoms with Gasteiger partial charge in [0, 0.05) is 41.9 Å². The Morgan fingerprint density at radius 3 is 2.54 bits per heavy atom. The van der Waals surface area contributed by atoms with Gasteiger partial charge < -0.3 is 10.6 Å². The molecule has 0 fully saturated rings. The van der Waals surface area contributed by atoms with Crippen molar-refractivity contribution >= 4 is 40.7 Å². The van der Waals surface area contributed by atoms with E-state index in [1.165, 1.54) is 6.42 Å². The molecule has 0 aliphatic carbocycles. The van der Waals surface area contributed by atoms with E-state index in [-0.39, 0.29) is 24.0 Å². The van der Waals surface area contributed by atoms with Crippen LogP contribution in [0, 0.1) is 5.92 Å². The van der Waals surface area contributed by atoms with Crippen molar-refractivity contribution in [1.29, 1.82) is 0 Å². The third kappa shape index (κ3) is 11.8. The van der Waals surface area contributed by atoms with Crippen LogP contribution in [0.3, 0.4) is 0 Å². The molecule has 0 saturated carbocycles. The van der Waals surface area contributed by atoms with Gasteiger partial charge in [-0.1, -0.05) is 44.2 Å². The van der Waals surface area contributed by atoms with Crippen LogP contribution in [-0.2, 0) is 16.6 Å². The molecule has 0 radical (unpaired) electrons. The van der Waals surface area contributed by atoms with Crippen molar-refractivity contribution in [3.05, 3.63) is 35.9 Å². The molecular formula is C18H32IN3OS. The fourth-order valence-electron chi connectivity index (χ4n) is 2.15. The van der Waals surface area contributed by atoms with Crippen LogP contribution < -0.4 is 10.6 Å². The van der Waals surface area contributed by atoms with Gasteiger partial charge in [0.05, 0.1) is 0 Å². The highest BCUT2D eigenvalue weighted by atomic mass is 127. The Hall–Kier alpha value is -0.630. The van der Waals surface area contributed by atoms with Gasteiger partial charge >= 0.3 is 0 Å². The molecule has 0 spiro atoms. The van der Waals surface area contributed by atoms with E-state index in [0.29, 0.717) is 18.1 Å². The summed E-state index contributed by atoms with van der Waals surface area (Å²) in [6, 6.07) is 9.99. The van der Waals surface area contributed by atoms with Crippen molar-refractivity contribution in [3.63, 3.8) is 0 Å². The number of hydrogen-bond acceptors (Lipinski definition) is 2. The van der Waals surface area contributed by atoms with E-state index in [1.54, 1.807) is 0 Å². The predicted octanol–water partition coefficient (Wildman–Crippen LogP) is 3.54. The lowest BCUT2D eigenvalue weighted by atomic mass is 10.1. The van der Waals surface area contributed by atoms with Gasteiger partial charge in [-0.05, 0) is 31.2 Å². The quantitative estimate of drug-likeness (QED) is 0.241. The number of hydrogen-bond donors (Lipinski definition) is 2. The highest BCUT2D eigenvalue weighted by Gasteiger charge is 2.03. The maximum Gasteiger partial charge on any atom is 0.191 e. The average molecular weight is 465 g/mol. The summed E-state index contributed by atoms with van der Waals surface area (Å²) in [5.41, 5.74) is 1.13. The first-order valence-corrected chi connectivity index (χ1v) is 10.0. The minimum atomic E-state index is -0.850. The Balaban J connectivity index is 0.00000529. The van der Waals surface area contributed by atoms with E-state index < -0.39 is 10.8 Å². The van der Waals surface area contributed by atoms with Gasteiger partial charge in [-0.3, -0.25) is 9.20 Å². The maximum absolute atomic E-state index is 12.1. The second-order valence-corrected chi connectivity index (χ2v) is 7.57. The zero-order valence-corrected chi connectivity index (χ0v) is 18.2. The molecule has 1 rings (SSSR count). The summed E-state index contributed by atoms with van der Waals surface area (Å²) in [4.78, 5) is 4.56. The monoisotopic (exact) mass is 465 g/mol. The lowest BCUT2D eigenvalue weighted by Gasteiger charge is -2.11. The first kappa shape index (κ1) is 23.4. The van der Waals surface area contributed by atoms with Crippen LogP contribution in [0.2, 0.25) is 0 Å². The van der Waals surface area contributed by atoms with Crippen molar-refractivity contribution in [2.45, 2.75) is 39.4 Å². The van der Waals surface area contributed by atoms with Crippen LogP contribution >= 0.6 is 24.0 Å². The van der Waals surface area contributed by atoms with E-state index in [2.05, 4.69) is 36.4 Å². The summed E-state index contributed by atoms with van der Waals surface area (Å²) in [6.45, 7) is 8.86. The van der Waals surface area contributed by atoms with E-state index in [0.717, 1.165) is 37.0 Å². The molecule has 4 nitrogen and oxygen atoms in total. The highest BCUT2D eigenvalue weighted by molar-refractivity contribution is 14.0. The minimum Gasteiger partial charge on any atom is -0.357 e. The molecular weight excluding hydrogens is 433 g/mol. The Morgan fingerprint density at radius 2 is 1.92 bits per heavy atom. The summed E-state index contributed by atoms with van der Waals surface area (Å²) in [6.07, 6.45) is 2.30. The Morgan fingerprint density at radius 1 is 1.21 bits per heavy atom. The molecule has 2 N–H and O–H groups in total. The molecule has 1 atom stereocenters. The topological polar surface area (TPSA) is 53.5 Å². The van der Waals surface area contributed by atoms with Crippen LogP contribution in [0.1, 0.15) is 39.2 Å². The fraction of sp³-hybridized carbons (Fsp3) is 0.611. The number of rotatable bonds is 10. The lowest BCUT2D eigenvalue weighted by Crippen LogP contribution is -2.39. The molecule has 0 aromatic heterocycles. The smallest absolute Gasteiger partial charge is 0.191 e. The SMILES string of the molecule is CCNC(=NCCCC(C)C)NCCS(=O)Cc1ccccc1.I. The number of benzene rings is 1. The number of aliphatic imine (C=N–C) groups is 1. The van der Waals surface area contributed by atoms with Crippen LogP contribution in [0.5, 0.6) is 0 Å². The van der Waals surface area contributed by atoms with Crippen molar-refractivity contribution in [3.8, 4) is 0 Å². The van der Waals surface area contributed by atoms with Gasteiger partial charge in [-0.25, -0.2) is 0 Å². The van der Waals surface area contributed by atoms with Crippen LogP contribution in [0.15, 0.2) is 35.3 Å². The molecule has 1 aromatic carbocycles. The van der Waals surface area contributed by atoms with E-state index in [9.17, 15) is 4.21 Å². The van der Waals surface area contributed by atoms with Crippen molar-refractivity contribution in [2.75, 3.05) is 25.4 Å². The summed E-state index contributed by atoms with van der Waals surface area (Å²) < 4.78 is 12.1. The van der Waals surface area contributed by atoms with Crippen molar-refractivity contribution in [2.24, 2.45) is 10.9 Å². The van der Waals surface area contributed by atoms with Gasteiger partial charge in [0.2, 0.25) is 0 Å². The number of halogens is 1. The zero-order valence-electron chi connectivity index (χ0n) is 15.1. The number of nitrogens with zero attached hydrogens (tertiary/aromatic N) is 1. The number of guanidine groups is 1. The van der Waals surface area contributed by atoms with Gasteiger partial charge in [-0.15, -0.1) is 24.0 Å². The molecule has 0 aliphatic heterocycles. The molecule has 0 bridgehead atoms. The predicted molar refractivity (Wildman–Crippen MR) is 117 cm³/mol. The average Bonchev–Trinajstić information content (AvgIpc) is 2.52. The molecule has 0 aliphatic rings. The summed E-state index contributed by atoms with van der Waals surface area (Å²) in [5.74, 6) is 2.80. The summed E-state index contributed by atoms with van der Waals surface area (Å²) in [5, 5.41) is 6.51. The first-order chi connectivity index (χ1) is 11.1. The third-order valence-electron chi connectivity index (χ3n) is 3.35. The second-order valence-electron chi connectivity index (χ2n) is 6.00. The standard InChI is InChI=1S/C18H31N3OS.HI/c1-4-19-18(20-12-8-9-16(2)3)21-13-14-23(22)15-17-10-6-5-7-11-17;/h5-7,10-11,16H,4,8-9,12-15H2,1-3H3,(H2,19,20,21);1H. The molecule has 1 aromatic rings. The third-order valence-corrected chi connectivity index (χ3v) is 4.66. The molecule has 6 heteroatoms. The lowest BCUT2D eigenvalue weighted by molar-refractivity contribution is 0.560. The van der Waals surface area contributed by atoms with Gasteiger partial charge in [0.25, 0.3) is 0 Å². The molecule has 138 valence electrons. The van der Waals surface area contributed by atoms with E-state index in [4.69, 9.17) is 0 Å². The van der Waals surface area contributed by atoms with Crippen molar-refractivity contribution < 1.29 is 4.21 Å². The zero-order chi connectivity index (χ0) is 16.9. The van der Waals surface area contributed by atoms with Crippen LogP contribution in [0.25, 0.3) is 0 Å². The van der Waals surface area contributed by atoms with Gasteiger partial charge in [-0.2, -0.15) is 0 Å². The Kier molecular flexibility index (Phi) is 14.3. The number of nitrogens with one attached hydrogen (secondary N) is 2. The summed E-state index contributed by atoms with van der Waals surface area (Å²) in [7, 11) is -0.850. The van der Waals surface area contributed by atoms with Gasteiger partial charge in [0.15, 0.2) is 5.96 Å². The Bertz CT molecular complexity index is 480. The minimum absolute atomic E-state index is 0. The molecule has 0 amide bonds. The van der Waals surface area contributed by atoms with E-state index >= 15 is 0 Å².